The summed E-state index contributed by atoms with van der Waals surface area (Å²) in [5, 5.41) is 5.08. The highest BCUT2D eigenvalue weighted by molar-refractivity contribution is 9.10. The highest BCUT2D eigenvalue weighted by Gasteiger charge is 2.19. The van der Waals surface area contributed by atoms with E-state index in [0.717, 1.165) is 26.5 Å². The molecule has 176 valence electrons. The van der Waals surface area contributed by atoms with E-state index in [1.807, 2.05) is 54.6 Å². The number of hydrazone groups is 1. The highest BCUT2D eigenvalue weighted by atomic mass is 79.9. The number of nitrogens with zero attached hydrogens (tertiary/aromatic N) is 1. The molecule has 0 bridgehead atoms. The number of esters is 1. The number of rotatable bonds is 6. The second-order valence-electron chi connectivity index (χ2n) is 7.92. The van der Waals surface area contributed by atoms with Gasteiger partial charge in [-0.15, -0.1) is 0 Å². The Morgan fingerprint density at radius 1 is 0.833 bits per heavy atom. The van der Waals surface area contributed by atoms with Gasteiger partial charge in [0.25, 0.3) is 5.91 Å². The van der Waals surface area contributed by atoms with Crippen LogP contribution in [-0.2, 0) is 0 Å². The molecule has 0 unspecified atom stereocenters. The van der Waals surface area contributed by atoms with Crippen LogP contribution in [0, 0.1) is 0 Å². The van der Waals surface area contributed by atoms with Crippen molar-refractivity contribution in [3.63, 3.8) is 0 Å². The smallest absolute Gasteiger partial charge is 0.343 e. The maximum absolute atomic E-state index is 13.1. The number of aromatic amines is 1. The second kappa shape index (κ2) is 10.4. The van der Waals surface area contributed by atoms with Crippen LogP contribution in [0.2, 0.25) is 0 Å². The van der Waals surface area contributed by atoms with E-state index in [9.17, 15) is 9.59 Å². The standard InChI is InChI=1S/C29H20BrN3O3/c30-22-16-14-20(15-17-22)29(35)36-25-13-7-4-10-21(25)18-31-33-28(34)27-26(19-8-2-1-3-9-19)23-11-5-6-12-24(23)32-27/h1-18,32H,(H,33,34). The number of amides is 1. The third-order valence-electron chi connectivity index (χ3n) is 5.57. The Bertz CT molecular complexity index is 1580. The largest absolute Gasteiger partial charge is 0.422 e. The monoisotopic (exact) mass is 537 g/mol. The zero-order valence-electron chi connectivity index (χ0n) is 18.9. The molecule has 0 aliphatic carbocycles. The van der Waals surface area contributed by atoms with Gasteiger partial charge < -0.3 is 9.72 Å². The van der Waals surface area contributed by atoms with Crippen molar-refractivity contribution in [2.75, 3.05) is 0 Å². The predicted octanol–water partition coefficient (Wildman–Crippen LogP) is 6.58. The van der Waals surface area contributed by atoms with Crippen molar-refractivity contribution in [3.8, 4) is 16.9 Å². The molecular formula is C29H20BrN3O3. The Labute approximate surface area is 215 Å². The van der Waals surface area contributed by atoms with E-state index in [-0.39, 0.29) is 5.91 Å². The van der Waals surface area contributed by atoms with Crippen molar-refractivity contribution in [1.29, 1.82) is 0 Å². The number of para-hydroxylation sites is 2. The molecule has 0 aliphatic heterocycles. The SMILES string of the molecule is O=C(Oc1ccccc1C=NNC(=O)c1[nH]c2ccccc2c1-c1ccccc1)c1ccc(Br)cc1. The summed E-state index contributed by atoms with van der Waals surface area (Å²) in [7, 11) is 0. The first-order valence-electron chi connectivity index (χ1n) is 11.2. The van der Waals surface area contributed by atoms with Crippen LogP contribution in [0.25, 0.3) is 22.0 Å². The average molecular weight is 538 g/mol. The van der Waals surface area contributed by atoms with Gasteiger partial charge in [-0.3, -0.25) is 4.79 Å². The van der Waals surface area contributed by atoms with Gasteiger partial charge >= 0.3 is 5.97 Å². The van der Waals surface area contributed by atoms with Crippen LogP contribution in [0.1, 0.15) is 26.4 Å². The molecular weight excluding hydrogens is 518 g/mol. The highest BCUT2D eigenvalue weighted by Crippen LogP contribution is 2.32. The predicted molar refractivity (Wildman–Crippen MR) is 144 cm³/mol. The zero-order chi connectivity index (χ0) is 24.9. The van der Waals surface area contributed by atoms with Crippen molar-refractivity contribution >= 4 is 44.9 Å². The molecule has 36 heavy (non-hydrogen) atoms. The third kappa shape index (κ3) is 4.96. The van der Waals surface area contributed by atoms with Crippen molar-refractivity contribution in [3.05, 3.63) is 124 Å². The first-order chi connectivity index (χ1) is 17.6. The lowest BCUT2D eigenvalue weighted by Gasteiger charge is -2.07. The molecule has 5 aromatic rings. The first-order valence-corrected chi connectivity index (χ1v) is 12.0. The summed E-state index contributed by atoms with van der Waals surface area (Å²) in [6, 6.07) is 31.4. The summed E-state index contributed by atoms with van der Waals surface area (Å²) >= 11 is 3.35. The van der Waals surface area contributed by atoms with E-state index in [1.165, 1.54) is 6.21 Å². The van der Waals surface area contributed by atoms with Gasteiger partial charge in [0.05, 0.1) is 11.8 Å². The van der Waals surface area contributed by atoms with E-state index in [0.29, 0.717) is 22.6 Å². The molecule has 0 atom stereocenters. The van der Waals surface area contributed by atoms with E-state index >= 15 is 0 Å². The van der Waals surface area contributed by atoms with Crippen molar-refractivity contribution in [2.24, 2.45) is 5.10 Å². The van der Waals surface area contributed by atoms with Gasteiger partial charge in [0, 0.05) is 26.5 Å². The number of ether oxygens (including phenoxy) is 1. The minimum Gasteiger partial charge on any atom is -0.422 e. The van der Waals surface area contributed by atoms with Crippen LogP contribution in [0.3, 0.4) is 0 Å². The van der Waals surface area contributed by atoms with E-state index < -0.39 is 5.97 Å². The van der Waals surface area contributed by atoms with Crippen LogP contribution in [0.15, 0.2) is 113 Å². The molecule has 0 fully saturated rings. The number of hydrogen-bond donors (Lipinski definition) is 2. The number of nitrogens with one attached hydrogen (secondary N) is 2. The van der Waals surface area contributed by atoms with Crippen molar-refractivity contribution in [1.82, 2.24) is 10.4 Å². The third-order valence-corrected chi connectivity index (χ3v) is 6.10. The summed E-state index contributed by atoms with van der Waals surface area (Å²) < 4.78 is 6.43. The Balaban J connectivity index is 1.37. The van der Waals surface area contributed by atoms with Crippen LogP contribution in [0.4, 0.5) is 0 Å². The van der Waals surface area contributed by atoms with E-state index in [2.05, 4.69) is 31.4 Å². The summed E-state index contributed by atoms with van der Waals surface area (Å²) in [5.74, 6) is -0.539. The fourth-order valence-corrected chi connectivity index (χ4v) is 4.12. The van der Waals surface area contributed by atoms with Crippen LogP contribution in [0.5, 0.6) is 5.75 Å². The Hall–Kier alpha value is -4.49. The van der Waals surface area contributed by atoms with Gasteiger partial charge in [0.1, 0.15) is 11.4 Å². The Morgan fingerprint density at radius 2 is 1.53 bits per heavy atom. The summed E-state index contributed by atoms with van der Waals surface area (Å²) in [6.45, 7) is 0. The quantitative estimate of drug-likeness (QED) is 0.111. The topological polar surface area (TPSA) is 83.5 Å². The van der Waals surface area contributed by atoms with Crippen molar-refractivity contribution in [2.45, 2.75) is 0 Å². The minimum atomic E-state index is -0.488. The molecule has 2 N–H and O–H groups in total. The molecule has 1 aromatic heterocycles. The van der Waals surface area contributed by atoms with Crippen LogP contribution in [-0.4, -0.2) is 23.1 Å². The summed E-state index contributed by atoms with van der Waals surface area (Å²) in [4.78, 5) is 28.9. The van der Waals surface area contributed by atoms with Gasteiger partial charge in [0.15, 0.2) is 0 Å². The molecule has 7 heteroatoms. The molecule has 0 aliphatic rings. The van der Waals surface area contributed by atoms with Gasteiger partial charge in [-0.2, -0.15) is 5.10 Å². The maximum atomic E-state index is 13.1. The normalized spacial score (nSPS) is 11.0. The number of halogens is 1. The number of benzene rings is 4. The molecule has 6 nitrogen and oxygen atoms in total. The number of H-pyrrole nitrogens is 1. The maximum Gasteiger partial charge on any atom is 0.343 e. The van der Waals surface area contributed by atoms with Crippen LogP contribution >= 0.6 is 15.9 Å². The molecule has 5 rings (SSSR count). The molecule has 0 saturated carbocycles. The Kier molecular flexibility index (Phi) is 6.73. The summed E-state index contributed by atoms with van der Waals surface area (Å²) in [5.41, 5.74) is 6.56. The Morgan fingerprint density at radius 3 is 2.33 bits per heavy atom. The number of hydrogen-bond acceptors (Lipinski definition) is 4. The number of carbonyl (C=O) groups is 2. The number of carbonyl (C=O) groups excluding carboxylic acids is 2. The van der Waals surface area contributed by atoms with E-state index in [4.69, 9.17) is 4.74 Å². The van der Waals surface area contributed by atoms with Gasteiger partial charge in [-0.25, -0.2) is 10.2 Å². The van der Waals surface area contributed by atoms with Crippen LogP contribution < -0.4 is 10.2 Å². The molecule has 0 spiro atoms. The minimum absolute atomic E-state index is 0.332. The summed E-state index contributed by atoms with van der Waals surface area (Å²) in [6.07, 6.45) is 1.45. The number of fused-ring (bicyclic) bond motifs is 1. The average Bonchev–Trinajstić information content (AvgIpc) is 3.30. The lowest BCUT2D eigenvalue weighted by atomic mass is 10.0. The molecule has 1 heterocycles. The lowest BCUT2D eigenvalue weighted by Crippen LogP contribution is -2.19. The van der Waals surface area contributed by atoms with Gasteiger partial charge in [-0.05, 0) is 48.0 Å². The second-order valence-corrected chi connectivity index (χ2v) is 8.84. The zero-order valence-corrected chi connectivity index (χ0v) is 20.5. The molecule has 0 radical (unpaired) electrons. The molecule has 0 saturated heterocycles. The molecule has 4 aromatic carbocycles. The number of aromatic nitrogens is 1. The van der Waals surface area contributed by atoms with Crippen molar-refractivity contribution < 1.29 is 14.3 Å². The lowest BCUT2D eigenvalue weighted by molar-refractivity contribution is 0.0734. The fourth-order valence-electron chi connectivity index (χ4n) is 3.86. The first kappa shape index (κ1) is 23.3. The fraction of sp³-hybridized carbons (Fsp3) is 0. The van der Waals surface area contributed by atoms with Gasteiger partial charge in [-0.1, -0.05) is 76.6 Å². The van der Waals surface area contributed by atoms with Gasteiger partial charge in [0.2, 0.25) is 0 Å². The van der Waals surface area contributed by atoms with E-state index in [1.54, 1.807) is 48.5 Å². The molecule has 1 amide bonds.